The van der Waals surface area contributed by atoms with Crippen LogP contribution in [0.4, 0.5) is 0 Å². The van der Waals surface area contributed by atoms with Gasteiger partial charge in [-0.3, -0.25) is 14.5 Å². The number of carboxylic acids is 1. The van der Waals surface area contributed by atoms with E-state index in [4.69, 9.17) is 16.7 Å². The van der Waals surface area contributed by atoms with Crippen LogP contribution in [-0.2, 0) is 9.59 Å². The second kappa shape index (κ2) is 9.11. The molecule has 128 valence electrons. The van der Waals surface area contributed by atoms with Crippen molar-refractivity contribution in [2.75, 3.05) is 19.6 Å². The largest absolute Gasteiger partial charge is 0.481 e. The first-order valence-electron chi connectivity index (χ1n) is 7.45. The maximum Gasteiger partial charge on any atom is 0.306 e. The molecule has 1 fully saturated rings. The highest BCUT2D eigenvalue weighted by Crippen LogP contribution is 2.18. The molecule has 1 aromatic rings. The van der Waals surface area contributed by atoms with Gasteiger partial charge in [0.2, 0.25) is 5.91 Å². The smallest absolute Gasteiger partial charge is 0.306 e. The van der Waals surface area contributed by atoms with Crippen molar-refractivity contribution in [2.45, 2.75) is 25.8 Å². The predicted molar refractivity (Wildman–Crippen MR) is 92.1 cm³/mol. The molecule has 7 heteroatoms. The number of carboxylic acid groups (broad SMARTS) is 1. The molecule has 1 atom stereocenters. The van der Waals surface area contributed by atoms with Gasteiger partial charge in [0.05, 0.1) is 18.5 Å². The molecule has 0 spiro atoms. The molecule has 1 aliphatic heterocycles. The van der Waals surface area contributed by atoms with Crippen molar-refractivity contribution in [3.05, 3.63) is 34.9 Å². The summed E-state index contributed by atoms with van der Waals surface area (Å²) in [4.78, 5) is 25.0. The number of hydrogen-bond donors (Lipinski definition) is 2. The van der Waals surface area contributed by atoms with Gasteiger partial charge in [-0.1, -0.05) is 23.7 Å². The number of nitrogens with one attached hydrogen (secondary N) is 1. The molecule has 1 unspecified atom stereocenters. The molecular formula is C16H22Cl2N2O3. The SMILES string of the molecule is CC(NC(=O)CN1CCC(C(=O)O)CC1)c1ccc(Cl)cc1.Cl. The second-order valence-corrected chi connectivity index (χ2v) is 6.17. The topological polar surface area (TPSA) is 69.6 Å². The Morgan fingerprint density at radius 3 is 2.39 bits per heavy atom. The minimum atomic E-state index is -0.736. The molecule has 0 saturated carbocycles. The third kappa shape index (κ3) is 6.01. The van der Waals surface area contributed by atoms with Crippen molar-refractivity contribution in [3.63, 3.8) is 0 Å². The van der Waals surface area contributed by atoms with Gasteiger partial charge in [-0.25, -0.2) is 0 Å². The van der Waals surface area contributed by atoms with Crippen LogP contribution in [0.2, 0.25) is 5.02 Å². The van der Waals surface area contributed by atoms with Gasteiger partial charge in [0.15, 0.2) is 0 Å². The van der Waals surface area contributed by atoms with Crippen LogP contribution in [0, 0.1) is 5.92 Å². The lowest BCUT2D eigenvalue weighted by Crippen LogP contribution is -2.43. The zero-order valence-corrected chi connectivity index (χ0v) is 14.6. The molecule has 1 saturated heterocycles. The summed E-state index contributed by atoms with van der Waals surface area (Å²) in [6.45, 7) is 3.54. The lowest BCUT2D eigenvalue weighted by atomic mass is 9.97. The first kappa shape index (κ1) is 19.7. The number of carbonyl (C=O) groups is 2. The molecule has 0 aliphatic carbocycles. The van der Waals surface area contributed by atoms with Crippen molar-refractivity contribution < 1.29 is 14.7 Å². The van der Waals surface area contributed by atoms with Gasteiger partial charge in [-0.05, 0) is 50.6 Å². The molecule has 23 heavy (non-hydrogen) atoms. The Morgan fingerprint density at radius 1 is 1.30 bits per heavy atom. The number of likely N-dealkylation sites (tertiary alicyclic amines) is 1. The van der Waals surface area contributed by atoms with Crippen LogP contribution < -0.4 is 5.32 Å². The molecule has 1 amide bonds. The van der Waals surface area contributed by atoms with E-state index in [0.29, 0.717) is 37.5 Å². The Hall–Kier alpha value is -1.30. The monoisotopic (exact) mass is 360 g/mol. The summed E-state index contributed by atoms with van der Waals surface area (Å²) in [5, 5.41) is 12.6. The molecule has 2 rings (SSSR count). The first-order chi connectivity index (χ1) is 10.5. The third-order valence-corrected chi connectivity index (χ3v) is 4.30. The number of amides is 1. The summed E-state index contributed by atoms with van der Waals surface area (Å²) in [6.07, 6.45) is 1.21. The van der Waals surface area contributed by atoms with Gasteiger partial charge in [0.1, 0.15) is 0 Å². The predicted octanol–water partition coefficient (Wildman–Crippen LogP) is 2.74. The quantitative estimate of drug-likeness (QED) is 0.846. The normalized spacial score (nSPS) is 17.1. The minimum absolute atomic E-state index is 0. The molecular weight excluding hydrogens is 339 g/mol. The van der Waals surface area contributed by atoms with E-state index in [1.807, 2.05) is 24.0 Å². The molecule has 1 aromatic carbocycles. The van der Waals surface area contributed by atoms with E-state index in [-0.39, 0.29) is 30.3 Å². The van der Waals surface area contributed by atoms with Crippen LogP contribution >= 0.6 is 24.0 Å². The molecule has 1 aliphatic rings. The van der Waals surface area contributed by atoms with E-state index in [2.05, 4.69) is 5.32 Å². The number of aliphatic carboxylic acids is 1. The van der Waals surface area contributed by atoms with Gasteiger partial charge in [-0.2, -0.15) is 0 Å². The highest BCUT2D eigenvalue weighted by atomic mass is 35.5. The molecule has 1 heterocycles. The zero-order chi connectivity index (χ0) is 16.1. The van der Waals surface area contributed by atoms with E-state index in [9.17, 15) is 9.59 Å². The summed E-state index contributed by atoms with van der Waals surface area (Å²) in [6, 6.07) is 7.31. The second-order valence-electron chi connectivity index (χ2n) is 5.73. The van der Waals surface area contributed by atoms with Crippen molar-refractivity contribution in [3.8, 4) is 0 Å². The number of halogens is 2. The highest BCUT2D eigenvalue weighted by molar-refractivity contribution is 6.30. The lowest BCUT2D eigenvalue weighted by molar-refractivity contribution is -0.143. The fourth-order valence-electron chi connectivity index (χ4n) is 2.66. The Bertz CT molecular complexity index is 529. The Labute approximate surface area is 147 Å². The summed E-state index contributed by atoms with van der Waals surface area (Å²) in [5.41, 5.74) is 1.00. The van der Waals surface area contributed by atoms with E-state index in [1.54, 1.807) is 12.1 Å². The fourth-order valence-corrected chi connectivity index (χ4v) is 2.79. The summed E-state index contributed by atoms with van der Waals surface area (Å²) in [7, 11) is 0. The maximum atomic E-state index is 12.1. The summed E-state index contributed by atoms with van der Waals surface area (Å²) in [5.74, 6) is -1.05. The van der Waals surface area contributed by atoms with E-state index < -0.39 is 5.97 Å². The van der Waals surface area contributed by atoms with Gasteiger partial charge < -0.3 is 10.4 Å². The molecule has 2 N–H and O–H groups in total. The molecule has 5 nitrogen and oxygen atoms in total. The molecule has 0 radical (unpaired) electrons. The number of nitrogens with zero attached hydrogens (tertiary/aromatic N) is 1. The first-order valence-corrected chi connectivity index (χ1v) is 7.83. The number of rotatable bonds is 5. The highest BCUT2D eigenvalue weighted by Gasteiger charge is 2.25. The van der Waals surface area contributed by atoms with Crippen molar-refractivity contribution in [2.24, 2.45) is 5.92 Å². The van der Waals surface area contributed by atoms with E-state index in [1.165, 1.54) is 0 Å². The van der Waals surface area contributed by atoms with Crippen LogP contribution in [0.15, 0.2) is 24.3 Å². The third-order valence-electron chi connectivity index (χ3n) is 4.05. The van der Waals surface area contributed by atoms with Gasteiger partial charge in [0, 0.05) is 5.02 Å². The van der Waals surface area contributed by atoms with Crippen LogP contribution in [-0.4, -0.2) is 41.5 Å². The van der Waals surface area contributed by atoms with E-state index >= 15 is 0 Å². The van der Waals surface area contributed by atoms with Crippen molar-refractivity contribution >= 4 is 35.9 Å². The number of benzene rings is 1. The molecule has 0 bridgehead atoms. The van der Waals surface area contributed by atoms with Gasteiger partial charge in [0.25, 0.3) is 0 Å². The Morgan fingerprint density at radius 2 is 1.87 bits per heavy atom. The van der Waals surface area contributed by atoms with E-state index in [0.717, 1.165) is 5.56 Å². The van der Waals surface area contributed by atoms with Crippen LogP contribution in [0.25, 0.3) is 0 Å². The number of piperidine rings is 1. The molecule has 0 aromatic heterocycles. The standard InChI is InChI=1S/C16H21ClN2O3.ClH/c1-11(12-2-4-14(17)5-3-12)18-15(20)10-19-8-6-13(7-9-19)16(21)22;/h2-5,11,13H,6-10H2,1H3,(H,18,20)(H,21,22);1H. The zero-order valence-electron chi connectivity index (χ0n) is 13.0. The number of hydrogen-bond acceptors (Lipinski definition) is 3. The summed E-state index contributed by atoms with van der Waals surface area (Å²) < 4.78 is 0. The number of carbonyl (C=O) groups excluding carboxylic acids is 1. The average Bonchev–Trinajstić information content (AvgIpc) is 2.48. The van der Waals surface area contributed by atoms with Crippen LogP contribution in [0.1, 0.15) is 31.4 Å². The fraction of sp³-hybridized carbons (Fsp3) is 0.500. The summed E-state index contributed by atoms with van der Waals surface area (Å²) >= 11 is 5.85. The minimum Gasteiger partial charge on any atom is -0.481 e. The van der Waals surface area contributed by atoms with Crippen LogP contribution in [0.3, 0.4) is 0 Å². The van der Waals surface area contributed by atoms with Crippen molar-refractivity contribution in [1.29, 1.82) is 0 Å². The van der Waals surface area contributed by atoms with Gasteiger partial charge in [-0.15, -0.1) is 12.4 Å². The van der Waals surface area contributed by atoms with Crippen LogP contribution in [0.5, 0.6) is 0 Å². The Balaban J connectivity index is 0.00000264. The Kier molecular flexibility index (Phi) is 7.82. The van der Waals surface area contributed by atoms with Crippen molar-refractivity contribution in [1.82, 2.24) is 10.2 Å². The lowest BCUT2D eigenvalue weighted by Gasteiger charge is -2.29. The maximum absolute atomic E-state index is 12.1. The average molecular weight is 361 g/mol. The van der Waals surface area contributed by atoms with Gasteiger partial charge >= 0.3 is 5.97 Å².